The second kappa shape index (κ2) is 5.90. The molecule has 0 atom stereocenters. The van der Waals surface area contributed by atoms with Crippen molar-refractivity contribution in [1.82, 2.24) is 0 Å². The first-order valence-electron chi connectivity index (χ1n) is 5.06. The summed E-state index contributed by atoms with van der Waals surface area (Å²) in [5.41, 5.74) is -0.861. The Kier molecular flexibility index (Phi) is 4.78. The smallest absolute Gasteiger partial charge is 0.288 e. The Hall–Kier alpha value is -0.180. The Morgan fingerprint density at radius 1 is 1.05 bits per heavy atom. The third kappa shape index (κ3) is 3.35. The van der Waals surface area contributed by atoms with Crippen LogP contribution in [0.5, 0.6) is 0 Å². The second-order valence-corrected chi connectivity index (χ2v) is 7.83. The number of thiophene rings is 1. The molecule has 20 heavy (non-hydrogen) atoms. The molecule has 1 aromatic carbocycles. The number of halogens is 6. The number of benzene rings is 1. The van der Waals surface area contributed by atoms with Gasteiger partial charge in [-0.3, -0.25) is 4.79 Å². The first kappa shape index (κ1) is 16.2. The minimum absolute atomic E-state index is 0.00164. The summed E-state index contributed by atoms with van der Waals surface area (Å²) in [4.78, 5) is 12.5. The van der Waals surface area contributed by atoms with Crippen LogP contribution in [0, 0.1) is 0 Å². The van der Waals surface area contributed by atoms with Crippen LogP contribution in [0.4, 0.5) is 13.2 Å². The van der Waals surface area contributed by atoms with Crippen molar-refractivity contribution in [3.8, 4) is 0 Å². The maximum absolute atomic E-state index is 12.8. The third-order valence-electron chi connectivity index (χ3n) is 2.40. The molecule has 0 N–H and O–H groups in total. The van der Waals surface area contributed by atoms with Crippen LogP contribution in [0.3, 0.4) is 0 Å². The van der Waals surface area contributed by atoms with Gasteiger partial charge in [-0.05, 0) is 56.1 Å². The van der Waals surface area contributed by atoms with Crippen LogP contribution >= 0.6 is 59.1 Å². The van der Waals surface area contributed by atoms with E-state index in [1.54, 1.807) is 6.07 Å². The Labute approximate surface area is 141 Å². The zero-order valence-corrected chi connectivity index (χ0v) is 15.0. The highest BCUT2D eigenvalue weighted by Gasteiger charge is 2.33. The monoisotopic (exact) mass is 490 g/mol. The van der Waals surface area contributed by atoms with Crippen LogP contribution in [-0.4, -0.2) is 5.78 Å². The summed E-state index contributed by atoms with van der Waals surface area (Å²) in [5.74, 6) is -0.445. The summed E-state index contributed by atoms with van der Waals surface area (Å²) in [6, 6.07) is 5.03. The van der Waals surface area contributed by atoms with Gasteiger partial charge < -0.3 is 0 Å². The number of ketones is 1. The Bertz CT molecular complexity index is 660. The molecule has 0 fully saturated rings. The maximum atomic E-state index is 12.8. The van der Waals surface area contributed by atoms with Crippen molar-refractivity contribution in [2.75, 3.05) is 0 Å². The van der Waals surface area contributed by atoms with Gasteiger partial charge in [-0.15, -0.1) is 11.3 Å². The zero-order valence-electron chi connectivity index (χ0n) is 9.39. The molecule has 0 aliphatic carbocycles. The molecule has 2 aromatic rings. The Morgan fingerprint density at radius 2 is 1.70 bits per heavy atom. The lowest BCUT2D eigenvalue weighted by Crippen LogP contribution is -2.08. The molecular formula is C12H4Br3F3OS. The van der Waals surface area contributed by atoms with E-state index in [-0.39, 0.29) is 10.0 Å². The number of carbonyl (C=O) groups excluding carboxylic acids is 1. The molecule has 0 amide bonds. The summed E-state index contributed by atoms with van der Waals surface area (Å²) in [7, 11) is 0. The Morgan fingerprint density at radius 3 is 2.20 bits per heavy atom. The van der Waals surface area contributed by atoms with Crippen LogP contribution in [0.1, 0.15) is 20.8 Å². The molecule has 1 aromatic heterocycles. The van der Waals surface area contributed by atoms with E-state index in [1.165, 1.54) is 12.1 Å². The molecule has 1 nitrogen and oxygen atoms in total. The van der Waals surface area contributed by atoms with Gasteiger partial charge in [-0.2, -0.15) is 13.2 Å². The zero-order chi connectivity index (χ0) is 15.1. The standard InChI is InChI=1S/C12H4Br3F3OS/c13-7-2-1-5(3-6(7)12(16,17)18)10(19)9-4-8(14)11(15)20-9/h1-4H. The maximum Gasteiger partial charge on any atom is 0.417 e. The van der Waals surface area contributed by atoms with Gasteiger partial charge in [0, 0.05) is 14.5 Å². The van der Waals surface area contributed by atoms with Gasteiger partial charge in [0.15, 0.2) is 0 Å². The first-order valence-corrected chi connectivity index (χ1v) is 8.26. The highest BCUT2D eigenvalue weighted by atomic mass is 79.9. The summed E-state index contributed by atoms with van der Waals surface area (Å²) in [6.45, 7) is 0. The quantitative estimate of drug-likeness (QED) is 0.451. The van der Waals surface area contributed by atoms with E-state index >= 15 is 0 Å². The molecule has 0 unspecified atom stereocenters. The molecule has 106 valence electrons. The molecule has 8 heteroatoms. The molecular weight excluding hydrogens is 489 g/mol. The number of hydrogen-bond acceptors (Lipinski definition) is 2. The molecule has 0 spiro atoms. The SMILES string of the molecule is O=C(c1ccc(Br)c(C(F)(F)F)c1)c1cc(Br)c(Br)s1. The molecule has 0 aliphatic rings. The molecule has 0 bridgehead atoms. The van der Waals surface area contributed by atoms with Crippen molar-refractivity contribution in [1.29, 1.82) is 0 Å². The number of rotatable bonds is 2. The Balaban J connectivity index is 2.46. The minimum atomic E-state index is -4.51. The van der Waals surface area contributed by atoms with E-state index in [0.29, 0.717) is 13.1 Å². The van der Waals surface area contributed by atoms with E-state index in [9.17, 15) is 18.0 Å². The average Bonchev–Trinajstić information content (AvgIpc) is 2.68. The first-order chi connectivity index (χ1) is 9.20. The van der Waals surface area contributed by atoms with E-state index in [2.05, 4.69) is 47.8 Å². The van der Waals surface area contributed by atoms with Gasteiger partial charge >= 0.3 is 6.18 Å². The van der Waals surface area contributed by atoms with Crippen LogP contribution in [-0.2, 0) is 6.18 Å². The summed E-state index contributed by atoms with van der Waals surface area (Å²) in [6.07, 6.45) is -4.51. The molecule has 0 aliphatic heterocycles. The van der Waals surface area contributed by atoms with Gasteiger partial charge in [0.05, 0.1) is 14.2 Å². The van der Waals surface area contributed by atoms with Gasteiger partial charge in [0.25, 0.3) is 0 Å². The van der Waals surface area contributed by atoms with Crippen LogP contribution in [0.15, 0.2) is 37.0 Å². The fourth-order valence-electron chi connectivity index (χ4n) is 1.48. The molecule has 0 saturated heterocycles. The van der Waals surface area contributed by atoms with Crippen molar-refractivity contribution in [2.24, 2.45) is 0 Å². The molecule has 0 saturated carbocycles. The lowest BCUT2D eigenvalue weighted by Gasteiger charge is -2.10. The number of hydrogen-bond donors (Lipinski definition) is 0. The van der Waals surface area contributed by atoms with Crippen LogP contribution < -0.4 is 0 Å². The van der Waals surface area contributed by atoms with Crippen LogP contribution in [0.2, 0.25) is 0 Å². The number of carbonyl (C=O) groups is 1. The minimum Gasteiger partial charge on any atom is -0.288 e. The van der Waals surface area contributed by atoms with Gasteiger partial charge in [-0.25, -0.2) is 0 Å². The van der Waals surface area contributed by atoms with Gasteiger partial charge in [0.2, 0.25) is 5.78 Å². The van der Waals surface area contributed by atoms with Crippen molar-refractivity contribution >= 4 is 64.9 Å². The van der Waals surface area contributed by atoms with Crippen molar-refractivity contribution < 1.29 is 18.0 Å². The van der Waals surface area contributed by atoms with E-state index in [4.69, 9.17) is 0 Å². The normalized spacial score (nSPS) is 11.7. The second-order valence-electron chi connectivity index (χ2n) is 3.75. The molecule has 0 radical (unpaired) electrons. The lowest BCUT2D eigenvalue weighted by molar-refractivity contribution is -0.138. The highest BCUT2D eigenvalue weighted by molar-refractivity contribution is 9.13. The third-order valence-corrected chi connectivity index (χ3v) is 6.35. The highest BCUT2D eigenvalue weighted by Crippen LogP contribution is 2.37. The predicted molar refractivity (Wildman–Crippen MR) is 82.3 cm³/mol. The van der Waals surface area contributed by atoms with Crippen LogP contribution in [0.25, 0.3) is 0 Å². The fourth-order valence-corrected chi connectivity index (χ4v) is 3.95. The summed E-state index contributed by atoms with van der Waals surface area (Å²) in [5, 5.41) is 0. The lowest BCUT2D eigenvalue weighted by atomic mass is 10.1. The number of alkyl halides is 3. The van der Waals surface area contributed by atoms with Crippen molar-refractivity contribution in [3.05, 3.63) is 53.0 Å². The predicted octanol–water partition coefficient (Wildman–Crippen LogP) is 6.29. The average molecular weight is 493 g/mol. The summed E-state index contributed by atoms with van der Waals surface area (Å²) >= 11 is 10.5. The van der Waals surface area contributed by atoms with E-state index in [1.807, 2.05) is 0 Å². The summed E-state index contributed by atoms with van der Waals surface area (Å²) < 4.78 is 39.7. The van der Waals surface area contributed by atoms with E-state index in [0.717, 1.165) is 17.4 Å². The van der Waals surface area contributed by atoms with Crippen molar-refractivity contribution in [3.63, 3.8) is 0 Å². The largest absolute Gasteiger partial charge is 0.417 e. The fraction of sp³-hybridized carbons (Fsp3) is 0.0833. The van der Waals surface area contributed by atoms with Crippen molar-refractivity contribution in [2.45, 2.75) is 6.18 Å². The molecule has 2 rings (SSSR count). The molecule has 1 heterocycles. The van der Waals surface area contributed by atoms with E-state index < -0.39 is 17.5 Å². The van der Waals surface area contributed by atoms with Gasteiger partial charge in [-0.1, -0.05) is 15.9 Å². The van der Waals surface area contributed by atoms with Gasteiger partial charge in [0.1, 0.15) is 0 Å². The topological polar surface area (TPSA) is 17.1 Å².